The maximum absolute atomic E-state index is 8.98. The number of anilines is 2. The molecule has 2 rings (SSSR count). The van der Waals surface area contributed by atoms with Crippen molar-refractivity contribution in [2.45, 2.75) is 25.1 Å². The number of rotatable bonds is 1. The van der Waals surface area contributed by atoms with Gasteiger partial charge in [0.05, 0.1) is 11.3 Å². The first-order valence-electron chi connectivity index (χ1n) is 5.68. The molecule has 90 valence electrons. The van der Waals surface area contributed by atoms with E-state index in [1.165, 1.54) is 0 Å². The molecule has 1 aliphatic heterocycles. The average Bonchev–Trinajstić information content (AvgIpc) is 2.33. The Morgan fingerprint density at radius 2 is 2.35 bits per heavy atom. The van der Waals surface area contributed by atoms with E-state index >= 15 is 0 Å². The van der Waals surface area contributed by atoms with E-state index in [1.807, 2.05) is 11.8 Å². The van der Waals surface area contributed by atoms with Crippen molar-refractivity contribution in [1.29, 1.82) is 5.26 Å². The summed E-state index contributed by atoms with van der Waals surface area (Å²) in [5.41, 5.74) is 7.01. The number of thioether (sulfide) groups is 1. The fourth-order valence-electron chi connectivity index (χ4n) is 2.02. The van der Waals surface area contributed by atoms with Gasteiger partial charge in [0.2, 0.25) is 0 Å². The summed E-state index contributed by atoms with van der Waals surface area (Å²) < 4.78 is 0. The highest BCUT2D eigenvalue weighted by Gasteiger charge is 2.27. The number of nitrogen functional groups attached to an aromatic ring is 1. The number of nitrogens with two attached hydrogens (primary N) is 1. The average molecular weight is 248 g/mol. The van der Waals surface area contributed by atoms with Crippen LogP contribution in [0.3, 0.4) is 0 Å². The normalized spacial score (nSPS) is 24.4. The molecule has 5 heteroatoms. The smallest absolute Gasteiger partial charge is 0.153 e. The minimum Gasteiger partial charge on any atom is -0.395 e. The van der Waals surface area contributed by atoms with Crippen LogP contribution in [0.4, 0.5) is 11.5 Å². The molecule has 0 bridgehead atoms. The largest absolute Gasteiger partial charge is 0.395 e. The van der Waals surface area contributed by atoms with Crippen LogP contribution in [0.2, 0.25) is 0 Å². The maximum Gasteiger partial charge on any atom is 0.153 e. The lowest BCUT2D eigenvalue weighted by Crippen LogP contribution is -2.45. The van der Waals surface area contributed by atoms with Gasteiger partial charge in [0.15, 0.2) is 5.82 Å². The predicted octanol–water partition coefficient (Wildman–Crippen LogP) is 1.87. The molecule has 1 aromatic heterocycles. The Balaban J connectivity index is 2.37. The van der Waals surface area contributed by atoms with E-state index in [9.17, 15) is 0 Å². The minimum atomic E-state index is 0.387. The third-order valence-corrected chi connectivity index (χ3v) is 4.58. The van der Waals surface area contributed by atoms with Gasteiger partial charge < -0.3 is 10.6 Å². The standard InChI is InChI=1S/C12H16N4S/c1-8-9(2)17-6-5-16(8)12-11(14)10(7-13)3-4-15-12/h3-4,8-9H,5-6,14H2,1-2H3. The Hall–Kier alpha value is -1.41. The van der Waals surface area contributed by atoms with Crippen molar-refractivity contribution in [3.8, 4) is 6.07 Å². The molecule has 0 amide bonds. The highest BCUT2D eigenvalue weighted by molar-refractivity contribution is 8.00. The van der Waals surface area contributed by atoms with E-state index in [1.54, 1.807) is 12.3 Å². The third kappa shape index (κ3) is 2.18. The predicted molar refractivity (Wildman–Crippen MR) is 72.1 cm³/mol. The first kappa shape index (κ1) is 12.1. The molecule has 0 aliphatic carbocycles. The molecule has 1 aliphatic rings. The quantitative estimate of drug-likeness (QED) is 0.821. The summed E-state index contributed by atoms with van der Waals surface area (Å²) in [6.45, 7) is 5.32. The molecule has 2 unspecified atom stereocenters. The van der Waals surface area contributed by atoms with Gasteiger partial charge in [0.25, 0.3) is 0 Å². The van der Waals surface area contributed by atoms with E-state index in [-0.39, 0.29) is 0 Å². The van der Waals surface area contributed by atoms with Crippen molar-refractivity contribution in [3.63, 3.8) is 0 Å². The second kappa shape index (κ2) is 4.84. The second-order valence-electron chi connectivity index (χ2n) is 4.22. The van der Waals surface area contributed by atoms with E-state index in [2.05, 4.69) is 29.8 Å². The fraction of sp³-hybridized carbons (Fsp3) is 0.500. The molecular weight excluding hydrogens is 232 g/mol. The highest BCUT2D eigenvalue weighted by atomic mass is 32.2. The summed E-state index contributed by atoms with van der Waals surface area (Å²) in [5, 5.41) is 9.53. The number of hydrogen-bond acceptors (Lipinski definition) is 5. The molecule has 0 saturated carbocycles. The summed E-state index contributed by atoms with van der Waals surface area (Å²) in [5.74, 6) is 1.83. The zero-order valence-corrected chi connectivity index (χ0v) is 10.9. The highest BCUT2D eigenvalue weighted by Crippen LogP contribution is 2.31. The lowest BCUT2D eigenvalue weighted by molar-refractivity contribution is 0.621. The van der Waals surface area contributed by atoms with Crippen LogP contribution in [-0.2, 0) is 0 Å². The molecule has 2 heterocycles. The molecule has 17 heavy (non-hydrogen) atoms. The van der Waals surface area contributed by atoms with Crippen molar-refractivity contribution in [1.82, 2.24) is 4.98 Å². The first-order chi connectivity index (χ1) is 8.15. The van der Waals surface area contributed by atoms with Crippen molar-refractivity contribution >= 4 is 23.3 Å². The van der Waals surface area contributed by atoms with Crippen LogP contribution in [0.15, 0.2) is 12.3 Å². The monoisotopic (exact) mass is 248 g/mol. The SMILES string of the molecule is CC1SCCN(c2nccc(C#N)c2N)C1C. The number of nitrogens with zero attached hydrogens (tertiary/aromatic N) is 3. The van der Waals surface area contributed by atoms with Crippen LogP contribution in [0.25, 0.3) is 0 Å². The van der Waals surface area contributed by atoms with E-state index < -0.39 is 0 Å². The van der Waals surface area contributed by atoms with E-state index in [4.69, 9.17) is 11.0 Å². The number of nitriles is 1. The summed E-state index contributed by atoms with van der Waals surface area (Å²) in [6.07, 6.45) is 1.66. The first-order valence-corrected chi connectivity index (χ1v) is 6.73. The lowest BCUT2D eigenvalue weighted by Gasteiger charge is -2.38. The molecule has 4 nitrogen and oxygen atoms in total. The molecule has 1 saturated heterocycles. The van der Waals surface area contributed by atoms with E-state index in [0.29, 0.717) is 22.5 Å². The van der Waals surface area contributed by atoms with Gasteiger partial charge >= 0.3 is 0 Å². The topological polar surface area (TPSA) is 65.9 Å². The van der Waals surface area contributed by atoms with Crippen molar-refractivity contribution in [2.24, 2.45) is 0 Å². The number of aromatic nitrogens is 1. The Morgan fingerprint density at radius 3 is 3.06 bits per heavy atom. The van der Waals surface area contributed by atoms with Crippen molar-refractivity contribution < 1.29 is 0 Å². The van der Waals surface area contributed by atoms with Gasteiger partial charge in [-0.2, -0.15) is 17.0 Å². The Labute approximate surface area is 106 Å². The van der Waals surface area contributed by atoms with Gasteiger partial charge in [-0.25, -0.2) is 4.98 Å². The Morgan fingerprint density at radius 1 is 1.59 bits per heavy atom. The van der Waals surface area contributed by atoms with Gasteiger partial charge in [0.1, 0.15) is 6.07 Å². The molecule has 1 aromatic rings. The Bertz CT molecular complexity index is 454. The maximum atomic E-state index is 8.98. The van der Waals surface area contributed by atoms with Gasteiger partial charge in [-0.3, -0.25) is 0 Å². The molecule has 0 spiro atoms. The molecule has 1 fully saturated rings. The van der Waals surface area contributed by atoms with Crippen LogP contribution >= 0.6 is 11.8 Å². The fourth-order valence-corrected chi connectivity index (χ4v) is 3.12. The van der Waals surface area contributed by atoms with Crippen molar-refractivity contribution in [2.75, 3.05) is 22.9 Å². The van der Waals surface area contributed by atoms with Crippen LogP contribution in [0.5, 0.6) is 0 Å². The summed E-state index contributed by atoms with van der Waals surface area (Å²) in [7, 11) is 0. The molecule has 2 atom stereocenters. The summed E-state index contributed by atoms with van der Waals surface area (Å²) in [4.78, 5) is 6.54. The number of pyridine rings is 1. The second-order valence-corrected chi connectivity index (χ2v) is 5.70. The summed E-state index contributed by atoms with van der Waals surface area (Å²) in [6, 6.07) is 4.15. The summed E-state index contributed by atoms with van der Waals surface area (Å²) >= 11 is 1.97. The van der Waals surface area contributed by atoms with Gasteiger partial charge in [-0.15, -0.1) is 0 Å². The third-order valence-electron chi connectivity index (χ3n) is 3.25. The molecule has 0 radical (unpaired) electrons. The zero-order valence-electron chi connectivity index (χ0n) is 10.1. The number of hydrogen-bond donors (Lipinski definition) is 1. The van der Waals surface area contributed by atoms with Gasteiger partial charge in [0, 0.05) is 29.8 Å². The van der Waals surface area contributed by atoms with Crippen LogP contribution < -0.4 is 10.6 Å². The van der Waals surface area contributed by atoms with Gasteiger partial charge in [-0.05, 0) is 13.0 Å². The molecular formula is C12H16N4S. The van der Waals surface area contributed by atoms with Crippen molar-refractivity contribution in [3.05, 3.63) is 17.8 Å². The van der Waals surface area contributed by atoms with E-state index in [0.717, 1.165) is 18.1 Å². The van der Waals surface area contributed by atoms with Crippen LogP contribution in [-0.4, -0.2) is 28.6 Å². The molecule has 0 aromatic carbocycles. The van der Waals surface area contributed by atoms with Gasteiger partial charge in [-0.1, -0.05) is 6.92 Å². The Kier molecular flexibility index (Phi) is 3.43. The van der Waals surface area contributed by atoms with Crippen LogP contribution in [0.1, 0.15) is 19.4 Å². The zero-order chi connectivity index (χ0) is 12.4. The minimum absolute atomic E-state index is 0.387. The lowest BCUT2D eigenvalue weighted by atomic mass is 10.1. The van der Waals surface area contributed by atoms with Crippen LogP contribution in [0, 0.1) is 11.3 Å². The molecule has 2 N–H and O–H groups in total.